The molecule has 0 aliphatic rings. The van der Waals surface area contributed by atoms with Gasteiger partial charge in [0.1, 0.15) is 11.1 Å². The van der Waals surface area contributed by atoms with Crippen LogP contribution in [0.5, 0.6) is 0 Å². The highest BCUT2D eigenvalue weighted by Crippen LogP contribution is 2.07. The lowest BCUT2D eigenvalue weighted by Crippen LogP contribution is -1.98. The van der Waals surface area contributed by atoms with Gasteiger partial charge in [0.2, 0.25) is 0 Å². The number of carboxylic acids is 2. The van der Waals surface area contributed by atoms with Crippen molar-refractivity contribution in [3.63, 3.8) is 0 Å². The van der Waals surface area contributed by atoms with E-state index in [1.54, 1.807) is 0 Å². The van der Waals surface area contributed by atoms with Crippen LogP contribution in [0.4, 0.5) is 11.6 Å². The number of aromatic carboxylic acids is 2. The van der Waals surface area contributed by atoms with Crippen LogP contribution in [0.3, 0.4) is 0 Å². The summed E-state index contributed by atoms with van der Waals surface area (Å²) in [6, 6.07) is 4.35. The first-order chi connectivity index (χ1) is 11.2. The Morgan fingerprint density at radius 2 is 1.12 bits per heavy atom. The lowest BCUT2D eigenvalue weighted by molar-refractivity contribution is -0.389. The van der Waals surface area contributed by atoms with E-state index in [4.69, 9.17) is 10.2 Å². The topological polar surface area (TPSA) is 187 Å². The minimum Gasteiger partial charge on any atom is -0.478 e. The SMILES string of the molecule is O=C(O)c1ccc([N+](=O)[O-])nc1.O=C(O)c1ccc([N+](=O)[O-])nc1. The van der Waals surface area contributed by atoms with Gasteiger partial charge in [-0.25, -0.2) is 9.59 Å². The molecule has 124 valence electrons. The van der Waals surface area contributed by atoms with Gasteiger partial charge < -0.3 is 30.4 Å². The van der Waals surface area contributed by atoms with Crippen molar-refractivity contribution in [2.24, 2.45) is 0 Å². The first-order valence-corrected chi connectivity index (χ1v) is 5.90. The maximum atomic E-state index is 10.3. The molecule has 0 radical (unpaired) electrons. The number of aromatic nitrogens is 2. The Hall–Kier alpha value is -3.96. The summed E-state index contributed by atoms with van der Waals surface area (Å²) >= 11 is 0. The number of carbonyl (C=O) groups is 2. The van der Waals surface area contributed by atoms with E-state index in [0.717, 1.165) is 36.7 Å². The number of carboxylic acid groups (broad SMARTS) is 2. The standard InChI is InChI=1S/2C6H4N2O4/c2*9-6(10)4-1-2-5(7-3-4)8(11)12/h2*1-3H,(H,9,10). The first-order valence-electron chi connectivity index (χ1n) is 5.90. The second-order valence-electron chi connectivity index (χ2n) is 3.93. The predicted octanol–water partition coefficient (Wildman–Crippen LogP) is 1.38. The molecule has 2 heterocycles. The Balaban J connectivity index is 0.000000240. The molecule has 0 aromatic carbocycles. The maximum Gasteiger partial charge on any atom is 0.363 e. The van der Waals surface area contributed by atoms with Gasteiger partial charge in [-0.1, -0.05) is 0 Å². The van der Waals surface area contributed by atoms with Gasteiger partial charge in [-0.2, -0.15) is 0 Å². The van der Waals surface area contributed by atoms with Crippen molar-refractivity contribution in [1.29, 1.82) is 0 Å². The maximum absolute atomic E-state index is 10.3. The zero-order valence-electron chi connectivity index (χ0n) is 11.6. The van der Waals surface area contributed by atoms with Gasteiger partial charge in [0, 0.05) is 12.1 Å². The van der Waals surface area contributed by atoms with Crippen molar-refractivity contribution < 1.29 is 29.6 Å². The number of rotatable bonds is 4. The van der Waals surface area contributed by atoms with Crippen LogP contribution in [0.15, 0.2) is 36.7 Å². The number of pyridine rings is 2. The molecule has 0 bridgehead atoms. The quantitative estimate of drug-likeness (QED) is 0.609. The molecule has 0 unspecified atom stereocenters. The summed E-state index contributed by atoms with van der Waals surface area (Å²) in [6.07, 6.45) is 1.89. The van der Waals surface area contributed by atoms with Crippen molar-refractivity contribution in [3.05, 3.63) is 68.0 Å². The largest absolute Gasteiger partial charge is 0.478 e. The van der Waals surface area contributed by atoms with Crippen molar-refractivity contribution in [1.82, 2.24) is 9.97 Å². The number of hydrogen-bond acceptors (Lipinski definition) is 8. The van der Waals surface area contributed by atoms with Crippen LogP contribution in [0.2, 0.25) is 0 Å². The van der Waals surface area contributed by atoms with Crippen LogP contribution in [-0.2, 0) is 0 Å². The van der Waals surface area contributed by atoms with Gasteiger partial charge in [0.15, 0.2) is 12.4 Å². The van der Waals surface area contributed by atoms with Gasteiger partial charge in [0.05, 0.1) is 0 Å². The average Bonchev–Trinajstić information content (AvgIpc) is 2.55. The van der Waals surface area contributed by atoms with Crippen molar-refractivity contribution in [3.8, 4) is 0 Å². The third kappa shape index (κ3) is 5.10. The second kappa shape index (κ2) is 7.88. The fraction of sp³-hybridized carbons (Fsp3) is 0. The summed E-state index contributed by atoms with van der Waals surface area (Å²) < 4.78 is 0. The molecule has 0 atom stereocenters. The molecule has 0 saturated carbocycles. The summed E-state index contributed by atoms with van der Waals surface area (Å²) in [7, 11) is 0. The fourth-order valence-corrected chi connectivity index (χ4v) is 1.24. The molecule has 12 heteroatoms. The molecule has 0 aliphatic heterocycles. The highest BCUT2D eigenvalue weighted by Gasteiger charge is 2.10. The molecule has 2 rings (SSSR count). The van der Waals surface area contributed by atoms with Crippen LogP contribution in [0.1, 0.15) is 20.7 Å². The van der Waals surface area contributed by atoms with Crippen LogP contribution in [0.25, 0.3) is 0 Å². The summed E-state index contributed by atoms with van der Waals surface area (Å²) in [6.45, 7) is 0. The normalized spacial score (nSPS) is 9.33. The molecule has 12 nitrogen and oxygen atoms in total. The molecular weight excluding hydrogens is 328 g/mol. The Morgan fingerprint density at radius 1 is 0.792 bits per heavy atom. The Labute approximate surface area is 132 Å². The van der Waals surface area contributed by atoms with Crippen LogP contribution in [-0.4, -0.2) is 42.0 Å². The van der Waals surface area contributed by atoms with Gasteiger partial charge in [-0.3, -0.25) is 0 Å². The summed E-state index contributed by atoms with van der Waals surface area (Å²) in [5.41, 5.74) is -0.138. The van der Waals surface area contributed by atoms with Crippen LogP contribution >= 0.6 is 0 Å². The van der Waals surface area contributed by atoms with E-state index in [1.807, 2.05) is 0 Å². The van der Waals surface area contributed by atoms with Crippen LogP contribution < -0.4 is 0 Å². The zero-order valence-corrected chi connectivity index (χ0v) is 11.6. The summed E-state index contributed by atoms with van der Waals surface area (Å²) in [5, 5.41) is 37.0. The molecule has 0 fully saturated rings. The zero-order chi connectivity index (χ0) is 18.3. The Morgan fingerprint density at radius 3 is 1.29 bits per heavy atom. The highest BCUT2D eigenvalue weighted by molar-refractivity contribution is 5.87. The average molecular weight is 336 g/mol. The lowest BCUT2D eigenvalue weighted by Gasteiger charge is -1.91. The van der Waals surface area contributed by atoms with Crippen LogP contribution in [0, 0.1) is 20.2 Å². The molecule has 24 heavy (non-hydrogen) atoms. The van der Waals surface area contributed by atoms with Gasteiger partial charge in [-0.05, 0) is 31.9 Å². The Bertz CT molecular complexity index is 639. The third-order valence-electron chi connectivity index (χ3n) is 2.36. The molecule has 2 N–H and O–H groups in total. The molecule has 2 aromatic rings. The van der Waals surface area contributed by atoms with Gasteiger partial charge in [0.25, 0.3) is 0 Å². The molecule has 0 amide bonds. The number of nitro groups is 2. The van der Waals surface area contributed by atoms with E-state index in [0.29, 0.717) is 0 Å². The highest BCUT2D eigenvalue weighted by atomic mass is 16.6. The molecule has 0 spiro atoms. The summed E-state index contributed by atoms with van der Waals surface area (Å²) in [4.78, 5) is 46.0. The predicted molar refractivity (Wildman–Crippen MR) is 75.7 cm³/mol. The fourth-order valence-electron chi connectivity index (χ4n) is 1.24. The first kappa shape index (κ1) is 18.1. The minimum absolute atomic E-state index is 0.0689. The second-order valence-corrected chi connectivity index (χ2v) is 3.93. The number of nitrogens with zero attached hydrogens (tertiary/aromatic N) is 4. The monoisotopic (exact) mass is 336 g/mol. The van der Waals surface area contributed by atoms with Gasteiger partial charge >= 0.3 is 23.6 Å². The molecule has 0 aliphatic carbocycles. The van der Waals surface area contributed by atoms with Gasteiger partial charge in [-0.15, -0.1) is 0 Å². The molecule has 2 aromatic heterocycles. The third-order valence-corrected chi connectivity index (χ3v) is 2.36. The minimum atomic E-state index is -1.16. The van der Waals surface area contributed by atoms with Crippen molar-refractivity contribution in [2.75, 3.05) is 0 Å². The molecule has 0 saturated heterocycles. The van der Waals surface area contributed by atoms with E-state index in [9.17, 15) is 29.8 Å². The summed E-state index contributed by atoms with van der Waals surface area (Å²) in [5.74, 6) is -3.03. The van der Waals surface area contributed by atoms with Crippen molar-refractivity contribution >= 4 is 23.6 Å². The smallest absolute Gasteiger partial charge is 0.363 e. The van der Waals surface area contributed by atoms with Crippen molar-refractivity contribution in [2.45, 2.75) is 0 Å². The van der Waals surface area contributed by atoms with E-state index in [1.165, 1.54) is 0 Å². The van der Waals surface area contributed by atoms with E-state index < -0.39 is 21.8 Å². The van der Waals surface area contributed by atoms with E-state index >= 15 is 0 Å². The molecular formula is C12H8N4O8. The lowest BCUT2D eigenvalue weighted by atomic mass is 10.3. The van der Waals surface area contributed by atoms with E-state index in [-0.39, 0.29) is 22.8 Å². The van der Waals surface area contributed by atoms with E-state index in [2.05, 4.69) is 9.97 Å². The Kier molecular flexibility index (Phi) is 5.94. The number of hydrogen-bond donors (Lipinski definition) is 2.